The van der Waals surface area contributed by atoms with Crippen molar-refractivity contribution in [1.29, 1.82) is 0 Å². The van der Waals surface area contributed by atoms with Crippen LogP contribution in [0.3, 0.4) is 0 Å². The van der Waals surface area contributed by atoms with Gasteiger partial charge in [0, 0.05) is 26.1 Å². The van der Waals surface area contributed by atoms with Gasteiger partial charge < -0.3 is 19.5 Å². The fourth-order valence-electron chi connectivity index (χ4n) is 3.37. The summed E-state index contributed by atoms with van der Waals surface area (Å²) in [7, 11) is 1.59. The molecule has 1 amide bonds. The zero-order valence-electron chi connectivity index (χ0n) is 13.2. The number of carbonyl (C=O) groups excluding carboxylic acids is 1. The quantitative estimate of drug-likeness (QED) is 0.884. The number of nitrogens with zero attached hydrogens (tertiary/aromatic N) is 1. The largest absolute Gasteiger partial charge is 0.493 e. The van der Waals surface area contributed by atoms with Crippen LogP contribution in [-0.2, 0) is 27.2 Å². The monoisotopic (exact) mass is 319 g/mol. The molecule has 1 aromatic carbocycles. The highest BCUT2D eigenvalue weighted by Gasteiger charge is 2.36. The van der Waals surface area contributed by atoms with Gasteiger partial charge in [0.25, 0.3) is 0 Å². The average Bonchev–Trinajstić information content (AvgIpc) is 3.12. The normalized spacial score (nSPS) is 22.7. The minimum atomic E-state index is -0.890. The topological polar surface area (TPSA) is 76.1 Å². The fourth-order valence-corrected chi connectivity index (χ4v) is 3.37. The Morgan fingerprint density at radius 3 is 3.00 bits per heavy atom. The number of aliphatic carboxylic acids is 1. The van der Waals surface area contributed by atoms with E-state index in [2.05, 4.69) is 0 Å². The molecule has 0 aliphatic carbocycles. The molecule has 1 aromatic rings. The number of fused-ring (bicyclic) bond motifs is 1. The third kappa shape index (κ3) is 3.47. The Hall–Kier alpha value is -2.08. The first-order valence-corrected chi connectivity index (χ1v) is 7.85. The molecule has 0 radical (unpaired) electrons. The first kappa shape index (κ1) is 15.8. The van der Waals surface area contributed by atoms with Crippen molar-refractivity contribution >= 4 is 11.9 Å². The summed E-state index contributed by atoms with van der Waals surface area (Å²) < 4.78 is 10.8. The smallest absolute Gasteiger partial charge is 0.305 e. The molecule has 2 unspecified atom stereocenters. The van der Waals surface area contributed by atoms with Crippen LogP contribution < -0.4 is 4.74 Å². The maximum Gasteiger partial charge on any atom is 0.305 e. The van der Waals surface area contributed by atoms with E-state index < -0.39 is 5.97 Å². The van der Waals surface area contributed by atoms with Gasteiger partial charge in [-0.2, -0.15) is 0 Å². The van der Waals surface area contributed by atoms with Gasteiger partial charge in [-0.1, -0.05) is 12.1 Å². The summed E-state index contributed by atoms with van der Waals surface area (Å²) in [6.07, 6.45) is 1.60. The number of carbonyl (C=O) groups is 2. The molecule has 1 fully saturated rings. The van der Waals surface area contributed by atoms with E-state index in [1.165, 1.54) is 0 Å². The summed E-state index contributed by atoms with van der Waals surface area (Å²) in [4.78, 5) is 25.3. The first-order valence-electron chi connectivity index (χ1n) is 7.85. The molecule has 0 bridgehead atoms. The molecule has 2 aliphatic heterocycles. The van der Waals surface area contributed by atoms with Gasteiger partial charge in [0.1, 0.15) is 5.75 Å². The second-order valence-corrected chi connectivity index (χ2v) is 6.11. The Morgan fingerprint density at radius 1 is 1.43 bits per heavy atom. The Labute approximate surface area is 135 Å². The number of amides is 1. The van der Waals surface area contributed by atoms with Crippen LogP contribution >= 0.6 is 0 Å². The third-order valence-corrected chi connectivity index (χ3v) is 4.55. The highest BCUT2D eigenvalue weighted by atomic mass is 16.5. The minimum Gasteiger partial charge on any atom is -0.493 e. The molecule has 2 heterocycles. The molecular weight excluding hydrogens is 298 g/mol. The average molecular weight is 319 g/mol. The molecule has 2 atom stereocenters. The van der Waals surface area contributed by atoms with Crippen LogP contribution in [0.4, 0.5) is 0 Å². The Kier molecular flexibility index (Phi) is 4.52. The number of hydrogen-bond donors (Lipinski definition) is 1. The summed E-state index contributed by atoms with van der Waals surface area (Å²) >= 11 is 0. The van der Waals surface area contributed by atoms with Crippen LogP contribution in [0.1, 0.15) is 24.0 Å². The lowest BCUT2D eigenvalue weighted by Crippen LogP contribution is -2.38. The molecule has 2 aliphatic rings. The summed E-state index contributed by atoms with van der Waals surface area (Å²) in [5.41, 5.74) is 2.07. The number of ether oxygens (including phenoxy) is 2. The number of hydrogen-bond acceptors (Lipinski definition) is 4. The van der Waals surface area contributed by atoms with Gasteiger partial charge in [-0.3, -0.25) is 9.59 Å². The number of carboxylic acid groups (broad SMARTS) is 1. The van der Waals surface area contributed by atoms with Crippen molar-refractivity contribution in [2.75, 3.05) is 20.3 Å². The van der Waals surface area contributed by atoms with Gasteiger partial charge in [-0.05, 0) is 23.6 Å². The van der Waals surface area contributed by atoms with Gasteiger partial charge in [-0.15, -0.1) is 0 Å². The van der Waals surface area contributed by atoms with Crippen molar-refractivity contribution in [2.45, 2.75) is 37.8 Å². The van der Waals surface area contributed by atoms with Crippen LogP contribution in [-0.4, -0.2) is 54.3 Å². The van der Waals surface area contributed by atoms with Crippen molar-refractivity contribution < 1.29 is 24.2 Å². The van der Waals surface area contributed by atoms with Gasteiger partial charge in [0.15, 0.2) is 0 Å². The lowest BCUT2D eigenvalue weighted by molar-refractivity contribution is -0.139. The van der Waals surface area contributed by atoms with E-state index in [4.69, 9.17) is 14.6 Å². The maximum atomic E-state index is 12.6. The van der Waals surface area contributed by atoms with Crippen molar-refractivity contribution in [3.8, 4) is 5.75 Å². The van der Waals surface area contributed by atoms with Crippen molar-refractivity contribution in [2.24, 2.45) is 0 Å². The summed E-state index contributed by atoms with van der Waals surface area (Å²) in [6, 6.07) is 5.53. The number of carboxylic acids is 1. The second-order valence-electron chi connectivity index (χ2n) is 6.11. The van der Waals surface area contributed by atoms with E-state index in [1.807, 2.05) is 18.2 Å². The lowest BCUT2D eigenvalue weighted by atomic mass is 10.1. The molecule has 1 N–H and O–H groups in total. The predicted octanol–water partition coefficient (Wildman–Crippen LogP) is 1.25. The number of likely N-dealkylation sites (tertiary alicyclic amines) is 1. The summed E-state index contributed by atoms with van der Waals surface area (Å²) in [5.74, 6) is -0.0422. The van der Waals surface area contributed by atoms with Crippen molar-refractivity contribution in [1.82, 2.24) is 4.90 Å². The summed E-state index contributed by atoms with van der Waals surface area (Å²) in [5, 5.41) is 9.04. The molecule has 124 valence electrons. The van der Waals surface area contributed by atoms with Crippen molar-refractivity contribution in [3.63, 3.8) is 0 Å². The van der Waals surface area contributed by atoms with Crippen molar-refractivity contribution in [3.05, 3.63) is 29.3 Å². The van der Waals surface area contributed by atoms with Crippen LogP contribution in [0.15, 0.2) is 18.2 Å². The number of methoxy groups -OCH3 is 1. The van der Waals surface area contributed by atoms with Crippen LogP contribution in [0, 0.1) is 0 Å². The Balaban J connectivity index is 1.69. The predicted molar refractivity (Wildman–Crippen MR) is 82.5 cm³/mol. The molecule has 0 spiro atoms. The number of rotatable bonds is 5. The fraction of sp³-hybridized carbons (Fsp3) is 0.529. The van der Waals surface area contributed by atoms with E-state index in [1.54, 1.807) is 12.0 Å². The number of benzene rings is 1. The zero-order valence-corrected chi connectivity index (χ0v) is 13.2. The van der Waals surface area contributed by atoms with Crippen LogP contribution in [0.25, 0.3) is 0 Å². The van der Waals surface area contributed by atoms with E-state index in [0.717, 1.165) is 23.3 Å². The molecule has 6 nitrogen and oxygen atoms in total. The molecule has 0 saturated carbocycles. The Bertz CT molecular complexity index is 615. The first-order chi connectivity index (χ1) is 11.1. The third-order valence-electron chi connectivity index (χ3n) is 4.55. The minimum absolute atomic E-state index is 0.0381. The highest BCUT2D eigenvalue weighted by molar-refractivity contribution is 5.80. The van der Waals surface area contributed by atoms with Crippen LogP contribution in [0.5, 0.6) is 5.75 Å². The van der Waals surface area contributed by atoms with Gasteiger partial charge >= 0.3 is 5.97 Å². The molecule has 6 heteroatoms. The molecule has 1 saturated heterocycles. The molecule has 23 heavy (non-hydrogen) atoms. The van der Waals surface area contributed by atoms with Crippen LogP contribution in [0.2, 0.25) is 0 Å². The maximum absolute atomic E-state index is 12.6. The highest BCUT2D eigenvalue weighted by Crippen LogP contribution is 2.27. The van der Waals surface area contributed by atoms with Gasteiger partial charge in [0.2, 0.25) is 5.91 Å². The molecule has 3 rings (SSSR count). The Morgan fingerprint density at radius 2 is 2.26 bits per heavy atom. The summed E-state index contributed by atoms with van der Waals surface area (Å²) in [6.45, 7) is 1.15. The molecule has 0 aromatic heterocycles. The molecular formula is C17H21NO5. The standard InChI is InChI=1S/C17H21NO5/c1-22-14-8-13(9-17(20)21)18(10-14)16(19)7-11-2-3-15-12(6-11)4-5-23-15/h2-3,6,13-14H,4-5,7-10H2,1H3,(H,20,21). The SMILES string of the molecule is COC1CC(CC(=O)O)N(C(=O)Cc2ccc3c(c2)CCO3)C1. The zero-order chi connectivity index (χ0) is 16.4. The lowest BCUT2D eigenvalue weighted by Gasteiger charge is -2.23. The van der Waals surface area contributed by atoms with E-state index in [9.17, 15) is 9.59 Å². The van der Waals surface area contributed by atoms with E-state index >= 15 is 0 Å². The van der Waals surface area contributed by atoms with Gasteiger partial charge in [-0.25, -0.2) is 0 Å². The van der Waals surface area contributed by atoms with Gasteiger partial charge in [0.05, 0.1) is 25.6 Å². The van der Waals surface area contributed by atoms with E-state index in [-0.39, 0.29) is 30.9 Å². The van der Waals surface area contributed by atoms with E-state index in [0.29, 0.717) is 19.6 Å². The second kappa shape index (κ2) is 6.58.